The Bertz CT molecular complexity index is 1030. The molecule has 0 atom stereocenters. The Morgan fingerprint density at radius 3 is 2.45 bits per heavy atom. The summed E-state index contributed by atoms with van der Waals surface area (Å²) in [6.07, 6.45) is 3.36. The third-order valence-corrected chi connectivity index (χ3v) is 5.88. The number of rotatable bonds is 4. The van der Waals surface area contributed by atoms with Crippen LogP contribution in [-0.4, -0.2) is 54.1 Å². The predicted octanol–water partition coefficient (Wildman–Crippen LogP) is 3.05. The van der Waals surface area contributed by atoms with E-state index in [2.05, 4.69) is 14.9 Å². The number of ether oxygens (including phenoxy) is 1. The van der Waals surface area contributed by atoms with Crippen LogP contribution in [0.25, 0.3) is 10.6 Å². The molecule has 3 heterocycles. The maximum atomic E-state index is 12.9. The number of piperazine rings is 1. The number of anilines is 1. The smallest absolute Gasteiger partial charge is 0.265 e. The Morgan fingerprint density at radius 2 is 1.83 bits per heavy atom. The van der Waals surface area contributed by atoms with E-state index in [0.29, 0.717) is 23.7 Å². The standard InChI is InChI=1S/C21H19N5O2S/c1-28-18-6-2-15(3-7-18)20-24-14-19(29-20)21(27)26-10-8-25(9-11-26)17-5-4-16(12-22)23-13-17/h2-7,13-14H,8-11H2,1H3. The van der Waals surface area contributed by atoms with Crippen molar-refractivity contribution in [1.82, 2.24) is 14.9 Å². The van der Waals surface area contributed by atoms with Gasteiger partial charge in [0.15, 0.2) is 0 Å². The van der Waals surface area contributed by atoms with E-state index in [1.165, 1.54) is 11.3 Å². The second-order valence-corrected chi connectivity index (χ2v) is 7.58. The molecule has 8 heteroatoms. The molecule has 0 N–H and O–H groups in total. The van der Waals surface area contributed by atoms with E-state index in [-0.39, 0.29) is 5.91 Å². The van der Waals surface area contributed by atoms with Gasteiger partial charge in [0, 0.05) is 31.7 Å². The van der Waals surface area contributed by atoms with Crippen LogP contribution in [-0.2, 0) is 0 Å². The van der Waals surface area contributed by atoms with Crippen molar-refractivity contribution < 1.29 is 9.53 Å². The van der Waals surface area contributed by atoms with Crippen LogP contribution in [0.4, 0.5) is 5.69 Å². The first-order chi connectivity index (χ1) is 14.2. The average Bonchev–Trinajstić information content (AvgIpc) is 3.29. The highest BCUT2D eigenvalue weighted by atomic mass is 32.1. The molecule has 4 rings (SSSR count). The Hall–Kier alpha value is -3.44. The second-order valence-electron chi connectivity index (χ2n) is 6.55. The van der Waals surface area contributed by atoms with E-state index in [0.717, 1.165) is 35.1 Å². The summed E-state index contributed by atoms with van der Waals surface area (Å²) in [5.74, 6) is 0.803. The lowest BCUT2D eigenvalue weighted by molar-refractivity contribution is 0.0751. The van der Waals surface area contributed by atoms with Gasteiger partial charge in [0.25, 0.3) is 5.91 Å². The molecular formula is C21H19N5O2S. The molecule has 0 aliphatic carbocycles. The first-order valence-corrected chi connectivity index (χ1v) is 10.00. The van der Waals surface area contributed by atoms with Crippen molar-refractivity contribution in [1.29, 1.82) is 5.26 Å². The van der Waals surface area contributed by atoms with E-state index in [1.54, 1.807) is 25.6 Å². The van der Waals surface area contributed by atoms with Crippen LogP contribution in [0.15, 0.2) is 48.8 Å². The minimum atomic E-state index is 0.0138. The number of thiazole rings is 1. The lowest BCUT2D eigenvalue weighted by atomic mass is 10.2. The molecule has 0 saturated carbocycles. The molecule has 1 aliphatic heterocycles. The van der Waals surface area contributed by atoms with Crippen molar-refractivity contribution >= 4 is 22.9 Å². The predicted molar refractivity (Wildman–Crippen MR) is 111 cm³/mol. The molecule has 1 aromatic carbocycles. The molecule has 3 aromatic rings. The van der Waals surface area contributed by atoms with Crippen LogP contribution in [0.5, 0.6) is 5.75 Å². The van der Waals surface area contributed by atoms with Gasteiger partial charge in [0.1, 0.15) is 27.4 Å². The molecule has 146 valence electrons. The number of amides is 1. The summed E-state index contributed by atoms with van der Waals surface area (Å²) in [5.41, 5.74) is 2.34. The van der Waals surface area contributed by atoms with Crippen LogP contribution in [0.2, 0.25) is 0 Å². The van der Waals surface area contributed by atoms with Gasteiger partial charge in [-0.2, -0.15) is 5.26 Å². The Morgan fingerprint density at radius 1 is 1.07 bits per heavy atom. The highest BCUT2D eigenvalue weighted by Crippen LogP contribution is 2.28. The van der Waals surface area contributed by atoms with Crippen molar-refractivity contribution in [3.8, 4) is 22.4 Å². The van der Waals surface area contributed by atoms with Crippen molar-refractivity contribution in [2.45, 2.75) is 0 Å². The van der Waals surface area contributed by atoms with Crippen LogP contribution >= 0.6 is 11.3 Å². The SMILES string of the molecule is COc1ccc(-c2ncc(C(=O)N3CCN(c4ccc(C#N)nc4)CC3)s2)cc1. The monoisotopic (exact) mass is 405 g/mol. The number of aromatic nitrogens is 2. The Balaban J connectivity index is 1.39. The normalized spacial score (nSPS) is 13.8. The number of nitrogens with zero attached hydrogens (tertiary/aromatic N) is 5. The fraction of sp³-hybridized carbons (Fsp3) is 0.238. The number of methoxy groups -OCH3 is 1. The number of benzene rings is 1. The van der Waals surface area contributed by atoms with Gasteiger partial charge in [-0.05, 0) is 36.4 Å². The summed E-state index contributed by atoms with van der Waals surface area (Å²) in [6, 6.07) is 13.3. The zero-order valence-corrected chi connectivity index (χ0v) is 16.7. The number of pyridine rings is 1. The van der Waals surface area contributed by atoms with Gasteiger partial charge in [-0.3, -0.25) is 4.79 Å². The molecule has 0 unspecified atom stereocenters. The van der Waals surface area contributed by atoms with Gasteiger partial charge < -0.3 is 14.5 Å². The molecule has 29 heavy (non-hydrogen) atoms. The van der Waals surface area contributed by atoms with Gasteiger partial charge in [0.05, 0.1) is 25.2 Å². The molecule has 1 fully saturated rings. The van der Waals surface area contributed by atoms with Crippen molar-refractivity contribution in [3.05, 3.63) is 59.4 Å². The maximum Gasteiger partial charge on any atom is 0.265 e. The number of carbonyl (C=O) groups is 1. The molecule has 0 spiro atoms. The second kappa shape index (κ2) is 8.29. The van der Waals surface area contributed by atoms with Gasteiger partial charge in [0.2, 0.25) is 0 Å². The van der Waals surface area contributed by atoms with E-state index >= 15 is 0 Å². The quantitative estimate of drug-likeness (QED) is 0.664. The van der Waals surface area contributed by atoms with E-state index in [4.69, 9.17) is 10.00 Å². The lowest BCUT2D eigenvalue weighted by Crippen LogP contribution is -2.48. The van der Waals surface area contributed by atoms with Crippen molar-refractivity contribution in [2.75, 3.05) is 38.2 Å². The van der Waals surface area contributed by atoms with Crippen molar-refractivity contribution in [3.63, 3.8) is 0 Å². The highest BCUT2D eigenvalue weighted by Gasteiger charge is 2.24. The van der Waals surface area contributed by atoms with E-state index in [1.807, 2.05) is 41.3 Å². The molecule has 0 bridgehead atoms. The topological polar surface area (TPSA) is 82.4 Å². The summed E-state index contributed by atoms with van der Waals surface area (Å²) < 4.78 is 5.18. The summed E-state index contributed by atoms with van der Waals surface area (Å²) >= 11 is 1.41. The summed E-state index contributed by atoms with van der Waals surface area (Å²) in [5, 5.41) is 9.68. The van der Waals surface area contributed by atoms with Crippen LogP contribution in [0.1, 0.15) is 15.4 Å². The summed E-state index contributed by atoms with van der Waals surface area (Å²) in [7, 11) is 1.63. The Kier molecular flexibility index (Phi) is 5.40. The molecule has 7 nitrogen and oxygen atoms in total. The Labute approximate surface area is 172 Å². The molecule has 1 aliphatic rings. The zero-order valence-electron chi connectivity index (χ0n) is 15.9. The van der Waals surface area contributed by atoms with Crippen molar-refractivity contribution in [2.24, 2.45) is 0 Å². The first-order valence-electron chi connectivity index (χ1n) is 9.18. The van der Waals surface area contributed by atoms with Crippen LogP contribution in [0, 0.1) is 11.3 Å². The fourth-order valence-corrected chi connectivity index (χ4v) is 4.09. The van der Waals surface area contributed by atoms with Crippen LogP contribution in [0.3, 0.4) is 0 Å². The molecule has 2 aromatic heterocycles. The molecular weight excluding hydrogens is 386 g/mol. The fourth-order valence-electron chi connectivity index (χ4n) is 3.20. The maximum absolute atomic E-state index is 12.9. The number of carbonyl (C=O) groups excluding carboxylic acids is 1. The van der Waals surface area contributed by atoms with Gasteiger partial charge in [-0.25, -0.2) is 9.97 Å². The summed E-state index contributed by atoms with van der Waals surface area (Å²) in [4.78, 5) is 26.1. The first kappa shape index (κ1) is 18.9. The molecule has 0 radical (unpaired) electrons. The largest absolute Gasteiger partial charge is 0.497 e. The third-order valence-electron chi connectivity index (χ3n) is 4.85. The number of nitriles is 1. The molecule has 1 saturated heterocycles. The van der Waals surface area contributed by atoms with E-state index in [9.17, 15) is 4.79 Å². The number of hydrogen-bond donors (Lipinski definition) is 0. The van der Waals surface area contributed by atoms with Gasteiger partial charge in [-0.1, -0.05) is 0 Å². The number of hydrogen-bond acceptors (Lipinski definition) is 7. The summed E-state index contributed by atoms with van der Waals surface area (Å²) in [6.45, 7) is 2.72. The lowest BCUT2D eigenvalue weighted by Gasteiger charge is -2.35. The zero-order chi connectivity index (χ0) is 20.2. The average molecular weight is 405 g/mol. The van der Waals surface area contributed by atoms with Gasteiger partial charge >= 0.3 is 0 Å². The third kappa shape index (κ3) is 4.05. The van der Waals surface area contributed by atoms with Crippen LogP contribution < -0.4 is 9.64 Å². The minimum absolute atomic E-state index is 0.0138. The minimum Gasteiger partial charge on any atom is -0.497 e. The van der Waals surface area contributed by atoms with E-state index < -0.39 is 0 Å². The van der Waals surface area contributed by atoms with Gasteiger partial charge in [-0.15, -0.1) is 11.3 Å². The highest BCUT2D eigenvalue weighted by molar-refractivity contribution is 7.16. The molecule has 1 amide bonds.